The molecule has 29 heavy (non-hydrogen) atoms. The minimum Gasteiger partial charge on any atom is -0.497 e. The Morgan fingerprint density at radius 3 is 2.52 bits per heavy atom. The summed E-state index contributed by atoms with van der Waals surface area (Å²) in [5.41, 5.74) is 3.61. The van der Waals surface area contributed by atoms with Crippen LogP contribution in [0.15, 0.2) is 48.5 Å². The average Bonchev–Trinajstić information content (AvgIpc) is 3.19. The van der Waals surface area contributed by atoms with Crippen molar-refractivity contribution in [1.82, 2.24) is 4.90 Å². The number of fused-ring (bicyclic) bond motifs is 1. The van der Waals surface area contributed by atoms with Crippen LogP contribution in [-0.4, -0.2) is 59.5 Å². The van der Waals surface area contributed by atoms with E-state index in [1.54, 1.807) is 7.11 Å². The Labute approximate surface area is 175 Å². The summed E-state index contributed by atoms with van der Waals surface area (Å²) in [6.45, 7) is 4.47. The number of piperidine rings is 1. The molecule has 2 aliphatic rings. The zero-order valence-electron chi connectivity index (χ0n) is 16.9. The van der Waals surface area contributed by atoms with Crippen LogP contribution in [0.4, 0.5) is 11.4 Å². The molecule has 0 aromatic heterocycles. The van der Waals surface area contributed by atoms with E-state index in [1.165, 1.54) is 15.6 Å². The predicted molar refractivity (Wildman–Crippen MR) is 118 cm³/mol. The molecular formula is C22H29N3O3S. The standard InChI is InChI=1S/C22H29N3O3S/c1-28-21-8-6-20(7-9-21)25(29(26)27)17-16-23-13-11-19(12-14-23)24-15-10-18-4-2-3-5-22(18)24/h2-9,19H,10-17H2,1H3,(H,26,27). The molecule has 0 saturated carbocycles. The molecule has 0 radical (unpaired) electrons. The summed E-state index contributed by atoms with van der Waals surface area (Å²) in [6.07, 6.45) is 3.42. The molecule has 1 atom stereocenters. The van der Waals surface area contributed by atoms with Crippen molar-refractivity contribution in [2.45, 2.75) is 25.3 Å². The molecule has 0 spiro atoms. The molecule has 2 aromatic carbocycles. The number of anilines is 2. The molecule has 156 valence electrons. The van der Waals surface area contributed by atoms with Crippen LogP contribution in [-0.2, 0) is 17.7 Å². The fraction of sp³-hybridized carbons (Fsp3) is 0.455. The molecule has 1 N–H and O–H groups in total. The van der Waals surface area contributed by atoms with Gasteiger partial charge in [-0.25, -0.2) is 4.21 Å². The van der Waals surface area contributed by atoms with Gasteiger partial charge < -0.3 is 14.5 Å². The van der Waals surface area contributed by atoms with Crippen molar-refractivity contribution in [2.24, 2.45) is 0 Å². The number of likely N-dealkylation sites (tertiary alicyclic amines) is 1. The number of methoxy groups -OCH3 is 1. The van der Waals surface area contributed by atoms with Crippen molar-refractivity contribution in [1.29, 1.82) is 0 Å². The lowest BCUT2D eigenvalue weighted by molar-refractivity contribution is 0.215. The van der Waals surface area contributed by atoms with E-state index in [-0.39, 0.29) is 0 Å². The highest BCUT2D eigenvalue weighted by atomic mass is 32.2. The summed E-state index contributed by atoms with van der Waals surface area (Å²) in [5, 5.41) is 0. The van der Waals surface area contributed by atoms with Gasteiger partial charge in [-0.15, -0.1) is 0 Å². The Bertz CT molecular complexity index is 837. The number of hydrogen-bond donors (Lipinski definition) is 1. The monoisotopic (exact) mass is 415 g/mol. The van der Waals surface area contributed by atoms with Gasteiger partial charge in [-0.2, -0.15) is 0 Å². The summed E-state index contributed by atoms with van der Waals surface area (Å²) in [7, 11) is 1.61. The number of benzene rings is 2. The molecule has 2 aliphatic heterocycles. The second kappa shape index (κ2) is 9.15. The van der Waals surface area contributed by atoms with E-state index in [2.05, 4.69) is 34.1 Å². The minimum absolute atomic E-state index is 0.520. The van der Waals surface area contributed by atoms with Crippen LogP contribution < -0.4 is 13.9 Å². The molecule has 2 heterocycles. The number of hydrogen-bond acceptors (Lipinski definition) is 4. The van der Waals surface area contributed by atoms with Crippen molar-refractivity contribution in [3.8, 4) is 5.75 Å². The summed E-state index contributed by atoms with van der Waals surface area (Å²) >= 11 is -2.04. The molecule has 1 unspecified atom stereocenters. The van der Waals surface area contributed by atoms with Gasteiger partial charge in [0.25, 0.3) is 11.3 Å². The third kappa shape index (κ3) is 4.57. The van der Waals surface area contributed by atoms with Gasteiger partial charge in [0.2, 0.25) is 0 Å². The Morgan fingerprint density at radius 2 is 1.83 bits per heavy atom. The van der Waals surface area contributed by atoms with Gasteiger partial charge in [0.15, 0.2) is 0 Å². The normalized spacial score (nSPS) is 18.5. The third-order valence-electron chi connectivity index (χ3n) is 6.09. The molecule has 2 aromatic rings. The Balaban J connectivity index is 1.30. The van der Waals surface area contributed by atoms with E-state index in [9.17, 15) is 8.76 Å². The molecule has 1 saturated heterocycles. The van der Waals surface area contributed by atoms with Gasteiger partial charge in [-0.1, -0.05) is 18.2 Å². The van der Waals surface area contributed by atoms with Gasteiger partial charge in [-0.05, 0) is 55.2 Å². The number of ether oxygens (including phenoxy) is 1. The highest BCUT2D eigenvalue weighted by Crippen LogP contribution is 2.32. The van der Waals surface area contributed by atoms with Crippen molar-refractivity contribution < 1.29 is 13.5 Å². The first kappa shape index (κ1) is 20.2. The summed E-state index contributed by atoms with van der Waals surface area (Å²) < 4.78 is 28.3. The van der Waals surface area contributed by atoms with Gasteiger partial charge >= 0.3 is 0 Å². The van der Waals surface area contributed by atoms with E-state index in [1.807, 2.05) is 24.3 Å². The Kier molecular flexibility index (Phi) is 6.37. The smallest absolute Gasteiger partial charge is 0.261 e. The van der Waals surface area contributed by atoms with Crippen LogP contribution >= 0.6 is 0 Å². The highest BCUT2D eigenvalue weighted by molar-refractivity contribution is 7.80. The van der Waals surface area contributed by atoms with Crippen LogP contribution in [0.3, 0.4) is 0 Å². The van der Waals surface area contributed by atoms with Crippen LogP contribution in [0.1, 0.15) is 18.4 Å². The molecule has 0 bridgehead atoms. The maximum Gasteiger partial charge on any atom is 0.261 e. The first-order valence-corrected chi connectivity index (χ1v) is 11.3. The summed E-state index contributed by atoms with van der Waals surface area (Å²) in [6, 6.07) is 16.6. The predicted octanol–water partition coefficient (Wildman–Crippen LogP) is 3.17. The van der Waals surface area contributed by atoms with Gasteiger partial charge in [-0.3, -0.25) is 8.86 Å². The zero-order chi connectivity index (χ0) is 20.2. The second-order valence-corrected chi connectivity index (χ2v) is 8.58. The van der Waals surface area contributed by atoms with Crippen LogP contribution in [0, 0.1) is 0 Å². The lowest BCUT2D eigenvalue weighted by Gasteiger charge is -2.38. The van der Waals surface area contributed by atoms with Gasteiger partial charge in [0.1, 0.15) is 5.75 Å². The van der Waals surface area contributed by atoms with Gasteiger partial charge in [0.05, 0.1) is 12.8 Å². The topological polar surface area (TPSA) is 56.2 Å². The average molecular weight is 416 g/mol. The van der Waals surface area contributed by atoms with Gasteiger partial charge in [0, 0.05) is 44.5 Å². The Hall–Kier alpha value is -2.09. The number of para-hydroxylation sites is 1. The molecule has 0 aliphatic carbocycles. The lowest BCUT2D eigenvalue weighted by atomic mass is 10.0. The summed E-state index contributed by atoms with van der Waals surface area (Å²) in [4.78, 5) is 4.99. The molecule has 0 amide bonds. The molecular weight excluding hydrogens is 386 g/mol. The third-order valence-corrected chi connectivity index (χ3v) is 6.86. The molecule has 4 rings (SSSR count). The molecule has 7 heteroatoms. The van der Waals surface area contributed by atoms with E-state index in [4.69, 9.17) is 4.74 Å². The quantitative estimate of drug-likeness (QED) is 0.704. The van der Waals surface area contributed by atoms with E-state index in [0.29, 0.717) is 12.6 Å². The SMILES string of the molecule is COc1ccc(N(CCN2CCC(N3CCc4ccccc43)CC2)S(=O)O)cc1. The number of rotatable bonds is 7. The van der Waals surface area contributed by atoms with Crippen molar-refractivity contribution in [2.75, 3.05) is 49.0 Å². The zero-order valence-corrected chi connectivity index (χ0v) is 17.7. The van der Waals surface area contributed by atoms with Crippen molar-refractivity contribution in [3.05, 3.63) is 54.1 Å². The number of nitrogens with zero attached hydrogens (tertiary/aromatic N) is 3. The van der Waals surface area contributed by atoms with Crippen molar-refractivity contribution in [3.63, 3.8) is 0 Å². The molecule has 6 nitrogen and oxygen atoms in total. The van der Waals surface area contributed by atoms with Crippen molar-refractivity contribution >= 4 is 22.6 Å². The first-order valence-electron chi connectivity index (χ1n) is 10.2. The fourth-order valence-electron chi connectivity index (χ4n) is 4.48. The maximum atomic E-state index is 11.9. The van der Waals surface area contributed by atoms with E-state index < -0.39 is 11.3 Å². The lowest BCUT2D eigenvalue weighted by Crippen LogP contribution is -2.46. The van der Waals surface area contributed by atoms with Crippen LogP contribution in [0.25, 0.3) is 0 Å². The Morgan fingerprint density at radius 1 is 1.10 bits per heavy atom. The minimum atomic E-state index is -2.04. The maximum absolute atomic E-state index is 11.9. The largest absolute Gasteiger partial charge is 0.497 e. The van der Waals surface area contributed by atoms with Crippen LogP contribution in [0.5, 0.6) is 5.75 Å². The first-order chi connectivity index (χ1) is 14.2. The highest BCUT2D eigenvalue weighted by Gasteiger charge is 2.29. The second-order valence-electron chi connectivity index (χ2n) is 7.68. The summed E-state index contributed by atoms with van der Waals surface area (Å²) in [5.74, 6) is 0.739. The van der Waals surface area contributed by atoms with E-state index in [0.717, 1.165) is 56.9 Å². The molecule has 1 fully saturated rings. The fourth-order valence-corrected chi connectivity index (χ4v) is 5.02. The van der Waals surface area contributed by atoms with Crippen LogP contribution in [0.2, 0.25) is 0 Å². The van der Waals surface area contributed by atoms with E-state index >= 15 is 0 Å².